The molecule has 5 nitrogen and oxygen atoms in total. The van der Waals surface area contributed by atoms with Gasteiger partial charge in [0.2, 0.25) is 0 Å². The van der Waals surface area contributed by atoms with E-state index in [2.05, 4.69) is 17.2 Å². The maximum atomic E-state index is 11.8. The van der Waals surface area contributed by atoms with E-state index >= 15 is 0 Å². The Labute approximate surface area is 148 Å². The maximum Gasteiger partial charge on any atom is 0.300 e. The fourth-order valence-corrected chi connectivity index (χ4v) is 2.11. The number of hydrogen-bond donors (Lipinski definition) is 2. The summed E-state index contributed by atoms with van der Waals surface area (Å²) < 4.78 is 5.52. The fourth-order valence-electron chi connectivity index (χ4n) is 2.11. The van der Waals surface area contributed by atoms with Gasteiger partial charge in [-0.05, 0) is 50.5 Å². The molecule has 2 N–H and O–H groups in total. The van der Waals surface area contributed by atoms with E-state index in [0.717, 1.165) is 5.56 Å². The molecule has 0 aliphatic rings. The van der Waals surface area contributed by atoms with E-state index in [1.54, 1.807) is 24.3 Å². The van der Waals surface area contributed by atoms with Crippen LogP contribution in [-0.2, 0) is 4.79 Å². The second kappa shape index (κ2) is 9.48. The lowest BCUT2D eigenvalue weighted by Gasteiger charge is -2.16. The van der Waals surface area contributed by atoms with E-state index in [1.807, 2.05) is 49.3 Å². The van der Waals surface area contributed by atoms with Gasteiger partial charge in [0.15, 0.2) is 0 Å². The number of anilines is 1. The molecule has 0 aliphatic heterocycles. The molecule has 0 fully saturated rings. The first-order valence-corrected chi connectivity index (χ1v) is 7.96. The van der Waals surface area contributed by atoms with Crippen LogP contribution in [0.25, 0.3) is 0 Å². The van der Waals surface area contributed by atoms with Crippen molar-refractivity contribution in [1.29, 1.82) is 0 Å². The molecule has 0 saturated heterocycles. The Hall–Kier alpha value is -2.81. The van der Waals surface area contributed by atoms with Gasteiger partial charge in [0.05, 0.1) is 0 Å². The Morgan fingerprint density at radius 2 is 1.84 bits per heavy atom. The van der Waals surface area contributed by atoms with E-state index in [1.165, 1.54) is 0 Å². The molecule has 2 aromatic rings. The van der Waals surface area contributed by atoms with Crippen molar-refractivity contribution in [2.24, 2.45) is 0 Å². The van der Waals surface area contributed by atoms with Crippen LogP contribution in [0, 0.1) is 11.8 Å². The highest BCUT2D eigenvalue weighted by Gasteiger charge is 2.06. The standard InChI is InChI=1S/C20H22N2O3/c1-22(2)14-18(23)15-25-19-11-9-17(10-12-19)21-20(24)13-8-16-6-4-3-5-7-16/h3-7,9-12,18,23H,14-15H2,1-2H3,(H,21,24). The molecular weight excluding hydrogens is 316 g/mol. The Bertz CT molecular complexity index is 731. The van der Waals surface area contributed by atoms with Crippen LogP contribution >= 0.6 is 0 Å². The highest BCUT2D eigenvalue weighted by Crippen LogP contribution is 2.15. The van der Waals surface area contributed by atoms with Crippen LogP contribution in [0.3, 0.4) is 0 Å². The van der Waals surface area contributed by atoms with E-state index in [-0.39, 0.29) is 12.5 Å². The molecule has 1 unspecified atom stereocenters. The average Bonchev–Trinajstić information content (AvgIpc) is 2.60. The summed E-state index contributed by atoms with van der Waals surface area (Å²) in [4.78, 5) is 13.7. The number of carbonyl (C=O) groups excluding carboxylic acids is 1. The number of rotatable bonds is 6. The number of likely N-dealkylation sites (N-methyl/N-ethyl adjacent to an activating group) is 1. The van der Waals surface area contributed by atoms with Gasteiger partial charge in [0.25, 0.3) is 0 Å². The van der Waals surface area contributed by atoms with Crippen LogP contribution in [0.1, 0.15) is 5.56 Å². The number of carbonyl (C=O) groups is 1. The lowest BCUT2D eigenvalue weighted by Crippen LogP contribution is -2.30. The van der Waals surface area contributed by atoms with E-state index in [0.29, 0.717) is 18.0 Å². The predicted molar refractivity (Wildman–Crippen MR) is 98.4 cm³/mol. The van der Waals surface area contributed by atoms with E-state index in [4.69, 9.17) is 4.74 Å². The van der Waals surface area contributed by atoms with Crippen LogP contribution in [0.15, 0.2) is 54.6 Å². The number of aliphatic hydroxyl groups excluding tert-OH is 1. The van der Waals surface area contributed by atoms with Crippen LogP contribution in [0.2, 0.25) is 0 Å². The number of nitrogens with zero attached hydrogens (tertiary/aromatic N) is 1. The summed E-state index contributed by atoms with van der Waals surface area (Å²) in [7, 11) is 3.78. The van der Waals surface area contributed by atoms with Crippen LogP contribution in [0.5, 0.6) is 5.75 Å². The molecule has 0 spiro atoms. The summed E-state index contributed by atoms with van der Waals surface area (Å²) in [5.41, 5.74) is 1.42. The van der Waals surface area contributed by atoms with Crippen molar-refractivity contribution in [3.05, 3.63) is 60.2 Å². The van der Waals surface area contributed by atoms with Crippen molar-refractivity contribution < 1.29 is 14.6 Å². The van der Waals surface area contributed by atoms with Crippen molar-refractivity contribution in [3.63, 3.8) is 0 Å². The minimum atomic E-state index is -0.553. The van der Waals surface area contributed by atoms with Crippen molar-refractivity contribution in [2.75, 3.05) is 32.6 Å². The highest BCUT2D eigenvalue weighted by atomic mass is 16.5. The van der Waals surface area contributed by atoms with Crippen LogP contribution < -0.4 is 10.1 Å². The molecule has 1 atom stereocenters. The third-order valence-corrected chi connectivity index (χ3v) is 3.22. The smallest absolute Gasteiger partial charge is 0.300 e. The molecule has 0 saturated carbocycles. The molecule has 0 radical (unpaired) electrons. The minimum absolute atomic E-state index is 0.215. The lowest BCUT2D eigenvalue weighted by atomic mass is 10.2. The van der Waals surface area contributed by atoms with Gasteiger partial charge >= 0.3 is 5.91 Å². The zero-order valence-electron chi connectivity index (χ0n) is 14.4. The topological polar surface area (TPSA) is 61.8 Å². The molecule has 25 heavy (non-hydrogen) atoms. The SMILES string of the molecule is CN(C)CC(O)COc1ccc(NC(=O)C#Cc2ccccc2)cc1. The minimum Gasteiger partial charge on any atom is -0.491 e. The number of amides is 1. The maximum absolute atomic E-state index is 11.8. The molecular formula is C20H22N2O3. The molecule has 2 aromatic carbocycles. The molecule has 0 heterocycles. The summed E-state index contributed by atoms with van der Waals surface area (Å²) in [5.74, 6) is 5.61. The van der Waals surface area contributed by atoms with Crippen molar-refractivity contribution >= 4 is 11.6 Å². The fraction of sp³-hybridized carbons (Fsp3) is 0.250. The molecule has 0 aliphatic carbocycles. The van der Waals surface area contributed by atoms with Gasteiger partial charge in [0.1, 0.15) is 18.5 Å². The van der Waals surface area contributed by atoms with Gasteiger partial charge in [-0.15, -0.1) is 0 Å². The number of hydrogen-bond acceptors (Lipinski definition) is 4. The highest BCUT2D eigenvalue weighted by molar-refractivity contribution is 6.04. The van der Waals surface area contributed by atoms with E-state index < -0.39 is 6.10 Å². The van der Waals surface area contributed by atoms with Gasteiger partial charge < -0.3 is 20.1 Å². The van der Waals surface area contributed by atoms with Gasteiger partial charge in [-0.2, -0.15) is 0 Å². The number of ether oxygens (including phenoxy) is 1. The normalized spacial score (nSPS) is 11.4. The second-order valence-electron chi connectivity index (χ2n) is 5.82. The van der Waals surface area contributed by atoms with Crippen LogP contribution in [0.4, 0.5) is 5.69 Å². The zero-order chi connectivity index (χ0) is 18.1. The summed E-state index contributed by atoms with van der Waals surface area (Å²) in [5, 5.41) is 12.5. The van der Waals surface area contributed by atoms with Gasteiger partial charge in [-0.1, -0.05) is 24.1 Å². The largest absolute Gasteiger partial charge is 0.491 e. The molecule has 0 aromatic heterocycles. The second-order valence-corrected chi connectivity index (χ2v) is 5.82. The average molecular weight is 338 g/mol. The van der Waals surface area contributed by atoms with Gasteiger partial charge in [-0.3, -0.25) is 4.79 Å². The van der Waals surface area contributed by atoms with Gasteiger partial charge in [0, 0.05) is 23.7 Å². The molecule has 2 rings (SSSR count). The Kier molecular flexibility index (Phi) is 7.02. The van der Waals surface area contributed by atoms with E-state index in [9.17, 15) is 9.90 Å². The third kappa shape index (κ3) is 7.08. The Balaban J connectivity index is 1.84. The number of aliphatic hydroxyl groups is 1. The monoisotopic (exact) mass is 338 g/mol. The third-order valence-electron chi connectivity index (χ3n) is 3.22. The Morgan fingerprint density at radius 3 is 2.48 bits per heavy atom. The Morgan fingerprint density at radius 1 is 1.16 bits per heavy atom. The number of nitrogens with one attached hydrogen (secondary N) is 1. The summed E-state index contributed by atoms with van der Waals surface area (Å²) in [6, 6.07) is 16.3. The van der Waals surface area contributed by atoms with Gasteiger partial charge in [-0.25, -0.2) is 0 Å². The van der Waals surface area contributed by atoms with Crippen molar-refractivity contribution in [3.8, 4) is 17.6 Å². The lowest BCUT2D eigenvalue weighted by molar-refractivity contribution is -0.111. The first kappa shape index (κ1) is 18.5. The first-order valence-electron chi connectivity index (χ1n) is 7.96. The summed E-state index contributed by atoms with van der Waals surface area (Å²) in [6.07, 6.45) is -0.553. The quantitative estimate of drug-likeness (QED) is 0.791. The van der Waals surface area contributed by atoms with Crippen molar-refractivity contribution in [2.45, 2.75) is 6.10 Å². The van der Waals surface area contributed by atoms with Crippen molar-refractivity contribution in [1.82, 2.24) is 4.90 Å². The molecule has 1 amide bonds. The predicted octanol–water partition coefficient (Wildman–Crippen LogP) is 1.98. The van der Waals surface area contributed by atoms with Crippen LogP contribution in [-0.4, -0.2) is 49.3 Å². The molecule has 5 heteroatoms. The summed E-state index contributed by atoms with van der Waals surface area (Å²) >= 11 is 0. The number of benzene rings is 2. The summed E-state index contributed by atoms with van der Waals surface area (Å²) in [6.45, 7) is 0.751. The zero-order valence-corrected chi connectivity index (χ0v) is 14.4. The first-order chi connectivity index (χ1) is 12.0. The molecule has 0 bridgehead atoms. The molecule has 130 valence electrons.